The number of ether oxygens (including phenoxy) is 1. The fourth-order valence-corrected chi connectivity index (χ4v) is 1.42. The molecule has 17 heavy (non-hydrogen) atoms. The van der Waals surface area contributed by atoms with Crippen LogP contribution < -0.4 is 4.74 Å². The van der Waals surface area contributed by atoms with Crippen LogP contribution in [0.15, 0.2) is 60.7 Å². The zero-order chi connectivity index (χ0) is 11.2. The number of rotatable bonds is 3. The maximum atomic E-state index is 11.6. The fourth-order valence-electron chi connectivity index (χ4n) is 1.42. The van der Waals surface area contributed by atoms with E-state index in [4.69, 9.17) is 4.74 Å². The van der Waals surface area contributed by atoms with E-state index in [2.05, 4.69) is 0 Å². The Morgan fingerprint density at radius 1 is 0.882 bits per heavy atom. The largest absolute Gasteiger partial charge is 0.426 e. The van der Waals surface area contributed by atoms with Crippen LogP contribution in [0.4, 0.5) is 0 Å². The SMILES string of the molecule is O=C(Cc1ccccc1)Oc1ccccc1.[Ag]. The number of para-hydroxylation sites is 1. The van der Waals surface area contributed by atoms with Crippen LogP contribution in [-0.2, 0) is 33.6 Å². The van der Waals surface area contributed by atoms with Gasteiger partial charge in [0.1, 0.15) is 5.75 Å². The zero-order valence-electron chi connectivity index (χ0n) is 9.10. The van der Waals surface area contributed by atoms with Gasteiger partial charge in [0.2, 0.25) is 0 Å². The molecule has 2 aromatic carbocycles. The van der Waals surface area contributed by atoms with Crippen molar-refractivity contribution in [1.82, 2.24) is 0 Å². The third-order valence-corrected chi connectivity index (χ3v) is 2.17. The molecule has 0 aliphatic heterocycles. The summed E-state index contributed by atoms with van der Waals surface area (Å²) in [5, 5.41) is 0. The number of carbonyl (C=O) groups is 1. The van der Waals surface area contributed by atoms with Crippen molar-refractivity contribution < 1.29 is 31.9 Å². The average molecular weight is 320 g/mol. The third-order valence-electron chi connectivity index (χ3n) is 2.17. The first kappa shape index (κ1) is 13.7. The second kappa shape index (κ2) is 7.07. The van der Waals surface area contributed by atoms with Crippen LogP contribution in [0, 0.1) is 0 Å². The second-order valence-electron chi connectivity index (χ2n) is 3.45. The molecular formula is C14H12AgO2. The van der Waals surface area contributed by atoms with E-state index in [0.717, 1.165) is 5.56 Å². The van der Waals surface area contributed by atoms with Gasteiger partial charge in [0.05, 0.1) is 6.42 Å². The number of carbonyl (C=O) groups excluding carboxylic acids is 1. The molecular weight excluding hydrogens is 308 g/mol. The Morgan fingerprint density at radius 3 is 2.00 bits per heavy atom. The maximum Gasteiger partial charge on any atom is 0.315 e. The van der Waals surface area contributed by atoms with Gasteiger partial charge in [-0.3, -0.25) is 4.79 Å². The number of esters is 1. The molecule has 2 aromatic rings. The molecule has 0 bridgehead atoms. The van der Waals surface area contributed by atoms with E-state index in [1.54, 1.807) is 12.1 Å². The van der Waals surface area contributed by atoms with Crippen LogP contribution in [0.5, 0.6) is 5.75 Å². The van der Waals surface area contributed by atoms with Gasteiger partial charge in [-0.25, -0.2) is 0 Å². The van der Waals surface area contributed by atoms with Crippen LogP contribution >= 0.6 is 0 Å². The molecule has 3 heteroatoms. The smallest absolute Gasteiger partial charge is 0.315 e. The molecule has 1 radical (unpaired) electrons. The quantitative estimate of drug-likeness (QED) is 0.494. The van der Waals surface area contributed by atoms with Crippen molar-refractivity contribution in [3.63, 3.8) is 0 Å². The van der Waals surface area contributed by atoms with Crippen molar-refractivity contribution in [2.45, 2.75) is 6.42 Å². The summed E-state index contributed by atoms with van der Waals surface area (Å²) in [6, 6.07) is 18.7. The minimum absolute atomic E-state index is 0. The molecule has 91 valence electrons. The standard InChI is InChI=1S/C14H12O2.Ag/c15-14(11-12-7-3-1-4-8-12)16-13-9-5-2-6-10-13;/h1-10H,11H2;. The summed E-state index contributed by atoms with van der Waals surface area (Å²) in [7, 11) is 0. The summed E-state index contributed by atoms with van der Waals surface area (Å²) in [5.41, 5.74) is 0.962. The molecule has 0 saturated heterocycles. The third kappa shape index (κ3) is 4.57. The van der Waals surface area contributed by atoms with Gasteiger partial charge in [0, 0.05) is 22.4 Å². The Labute approximate surface area is 116 Å². The number of hydrogen-bond donors (Lipinski definition) is 0. The summed E-state index contributed by atoms with van der Waals surface area (Å²) >= 11 is 0. The molecule has 0 unspecified atom stereocenters. The number of hydrogen-bond acceptors (Lipinski definition) is 2. The Bertz CT molecular complexity index is 411. The first-order valence-corrected chi connectivity index (χ1v) is 5.14. The number of benzene rings is 2. The summed E-state index contributed by atoms with van der Waals surface area (Å²) in [5.74, 6) is 0.348. The van der Waals surface area contributed by atoms with Crippen LogP contribution in [0.3, 0.4) is 0 Å². The Balaban J connectivity index is 0.00000144. The van der Waals surface area contributed by atoms with Crippen molar-refractivity contribution in [1.29, 1.82) is 0 Å². The zero-order valence-corrected chi connectivity index (χ0v) is 10.6. The van der Waals surface area contributed by atoms with E-state index >= 15 is 0 Å². The minimum atomic E-state index is -0.239. The molecule has 0 aliphatic carbocycles. The van der Waals surface area contributed by atoms with Crippen molar-refractivity contribution in [2.24, 2.45) is 0 Å². The van der Waals surface area contributed by atoms with Crippen molar-refractivity contribution in [3.8, 4) is 5.75 Å². The fraction of sp³-hybridized carbons (Fsp3) is 0.0714. The Kier molecular flexibility index (Phi) is 5.70. The molecule has 0 saturated carbocycles. The molecule has 0 N–H and O–H groups in total. The molecule has 0 heterocycles. The summed E-state index contributed by atoms with van der Waals surface area (Å²) < 4.78 is 5.18. The molecule has 2 rings (SSSR count). The second-order valence-corrected chi connectivity index (χ2v) is 3.45. The molecule has 0 spiro atoms. The normalized spacial score (nSPS) is 9.18. The first-order valence-electron chi connectivity index (χ1n) is 5.14. The van der Waals surface area contributed by atoms with E-state index in [0.29, 0.717) is 12.2 Å². The van der Waals surface area contributed by atoms with E-state index in [9.17, 15) is 4.79 Å². The molecule has 0 atom stereocenters. The molecule has 0 fully saturated rings. The predicted octanol–water partition coefficient (Wildman–Crippen LogP) is 2.83. The van der Waals surface area contributed by atoms with Gasteiger partial charge in [0.25, 0.3) is 0 Å². The van der Waals surface area contributed by atoms with Gasteiger partial charge in [-0.05, 0) is 17.7 Å². The van der Waals surface area contributed by atoms with Crippen LogP contribution in [-0.4, -0.2) is 5.97 Å². The summed E-state index contributed by atoms with van der Waals surface area (Å²) in [4.78, 5) is 11.6. The summed E-state index contributed by atoms with van der Waals surface area (Å²) in [6.45, 7) is 0. The molecule has 0 amide bonds. The molecule has 2 nitrogen and oxygen atoms in total. The van der Waals surface area contributed by atoms with E-state index in [1.165, 1.54) is 0 Å². The van der Waals surface area contributed by atoms with Crippen molar-refractivity contribution >= 4 is 5.97 Å². The Morgan fingerprint density at radius 2 is 1.41 bits per heavy atom. The monoisotopic (exact) mass is 319 g/mol. The minimum Gasteiger partial charge on any atom is -0.426 e. The van der Waals surface area contributed by atoms with Crippen molar-refractivity contribution in [3.05, 3.63) is 66.2 Å². The summed E-state index contributed by atoms with van der Waals surface area (Å²) in [6.07, 6.45) is 0.301. The van der Waals surface area contributed by atoms with E-state index in [-0.39, 0.29) is 28.3 Å². The van der Waals surface area contributed by atoms with Gasteiger partial charge in [-0.2, -0.15) is 0 Å². The maximum absolute atomic E-state index is 11.6. The molecule has 0 aliphatic rings. The van der Waals surface area contributed by atoms with Crippen LogP contribution in [0.2, 0.25) is 0 Å². The average Bonchev–Trinajstić information content (AvgIpc) is 2.31. The van der Waals surface area contributed by atoms with Crippen LogP contribution in [0.1, 0.15) is 5.56 Å². The predicted molar refractivity (Wildman–Crippen MR) is 62.2 cm³/mol. The van der Waals surface area contributed by atoms with E-state index in [1.807, 2.05) is 48.5 Å². The van der Waals surface area contributed by atoms with Gasteiger partial charge in [-0.15, -0.1) is 0 Å². The van der Waals surface area contributed by atoms with Crippen molar-refractivity contribution in [2.75, 3.05) is 0 Å². The Hall–Kier alpha value is -1.35. The first-order chi connectivity index (χ1) is 7.84. The molecule has 0 aromatic heterocycles. The van der Waals surface area contributed by atoms with Crippen LogP contribution in [0.25, 0.3) is 0 Å². The van der Waals surface area contributed by atoms with Gasteiger partial charge < -0.3 is 4.74 Å². The van der Waals surface area contributed by atoms with Gasteiger partial charge in [-0.1, -0.05) is 48.5 Å². The van der Waals surface area contributed by atoms with E-state index < -0.39 is 0 Å². The topological polar surface area (TPSA) is 26.3 Å². The van der Waals surface area contributed by atoms with Gasteiger partial charge in [0.15, 0.2) is 0 Å². The van der Waals surface area contributed by atoms with Gasteiger partial charge >= 0.3 is 5.97 Å².